The van der Waals surface area contributed by atoms with Crippen molar-refractivity contribution in [2.75, 3.05) is 32.0 Å². The van der Waals surface area contributed by atoms with Crippen LogP contribution in [0.1, 0.15) is 57.4 Å². The largest absolute Gasteiger partial charge is 0.497 e. The third-order valence-corrected chi connectivity index (χ3v) is 7.52. The highest BCUT2D eigenvalue weighted by Crippen LogP contribution is 2.38. The van der Waals surface area contributed by atoms with Gasteiger partial charge in [0.25, 0.3) is 11.8 Å². The maximum atomic E-state index is 14.2. The first kappa shape index (κ1) is 27.7. The van der Waals surface area contributed by atoms with Crippen LogP contribution >= 0.6 is 11.5 Å². The second kappa shape index (κ2) is 12.0. The van der Waals surface area contributed by atoms with Gasteiger partial charge in [-0.2, -0.15) is 4.37 Å². The summed E-state index contributed by atoms with van der Waals surface area (Å²) in [4.78, 5) is 41.4. The smallest absolute Gasteiger partial charge is 0.273 e. The molecule has 0 saturated heterocycles. The number of hydrogen-bond acceptors (Lipinski definition) is 9. The topological polar surface area (TPSA) is 159 Å². The molecule has 206 valence electrons. The number of ether oxygens (including phenoxy) is 3. The molecule has 3 amide bonds. The number of amides is 3. The number of primary amides is 1. The summed E-state index contributed by atoms with van der Waals surface area (Å²) in [6.07, 6.45) is 3.71. The van der Waals surface area contributed by atoms with E-state index in [9.17, 15) is 14.4 Å². The van der Waals surface area contributed by atoms with Crippen LogP contribution in [0.15, 0.2) is 42.5 Å². The molecular formula is C27H31N5O6S. The molecule has 0 unspecified atom stereocenters. The van der Waals surface area contributed by atoms with Crippen molar-refractivity contribution >= 4 is 40.6 Å². The SMILES string of the molecule is COc1ccc(N(C(=O)c2snc(C(N)=O)c2N)[C@@H](C(=O)NC2CCCC2)c2ccc(OC)cc2OC)cc1. The third-order valence-electron chi connectivity index (χ3n) is 6.67. The molecule has 4 rings (SSSR count). The number of carbonyl (C=O) groups is 3. The lowest BCUT2D eigenvalue weighted by Gasteiger charge is -2.33. The van der Waals surface area contributed by atoms with Crippen LogP contribution in [0, 0.1) is 0 Å². The highest BCUT2D eigenvalue weighted by molar-refractivity contribution is 7.09. The van der Waals surface area contributed by atoms with E-state index < -0.39 is 23.8 Å². The number of nitrogens with zero attached hydrogens (tertiary/aromatic N) is 2. The molecule has 0 aliphatic heterocycles. The molecule has 5 N–H and O–H groups in total. The zero-order valence-corrected chi connectivity index (χ0v) is 22.7. The molecule has 1 aliphatic carbocycles. The molecular weight excluding hydrogens is 522 g/mol. The van der Waals surface area contributed by atoms with Crippen molar-refractivity contribution in [3.63, 3.8) is 0 Å². The van der Waals surface area contributed by atoms with Crippen LogP contribution < -0.4 is 35.9 Å². The van der Waals surface area contributed by atoms with Crippen LogP contribution in [-0.4, -0.2) is 49.5 Å². The molecule has 0 spiro atoms. The Morgan fingerprint density at radius 2 is 1.64 bits per heavy atom. The Balaban J connectivity index is 1.91. The van der Waals surface area contributed by atoms with Crippen LogP contribution in [0.25, 0.3) is 0 Å². The van der Waals surface area contributed by atoms with E-state index in [1.807, 2.05) is 0 Å². The number of benzene rings is 2. The predicted molar refractivity (Wildman–Crippen MR) is 148 cm³/mol. The average Bonchev–Trinajstić information content (AvgIpc) is 3.60. The maximum Gasteiger partial charge on any atom is 0.273 e. The minimum Gasteiger partial charge on any atom is -0.497 e. The van der Waals surface area contributed by atoms with Crippen molar-refractivity contribution in [3.05, 3.63) is 58.6 Å². The molecule has 1 heterocycles. The van der Waals surface area contributed by atoms with E-state index in [1.54, 1.807) is 42.5 Å². The van der Waals surface area contributed by atoms with Gasteiger partial charge in [0.1, 0.15) is 28.2 Å². The van der Waals surface area contributed by atoms with Crippen molar-refractivity contribution in [1.29, 1.82) is 0 Å². The number of aromatic nitrogens is 1. The molecule has 39 heavy (non-hydrogen) atoms. The highest BCUT2D eigenvalue weighted by atomic mass is 32.1. The lowest BCUT2D eigenvalue weighted by Crippen LogP contribution is -2.46. The molecule has 3 aromatic rings. The van der Waals surface area contributed by atoms with Crippen LogP contribution in [0.5, 0.6) is 17.2 Å². The summed E-state index contributed by atoms with van der Waals surface area (Å²) in [6, 6.07) is 10.5. The minimum absolute atomic E-state index is 0.0213. The Bertz CT molecular complexity index is 1350. The van der Waals surface area contributed by atoms with Gasteiger partial charge in [0.2, 0.25) is 5.91 Å². The molecule has 1 fully saturated rings. The molecule has 0 bridgehead atoms. The second-order valence-electron chi connectivity index (χ2n) is 9.01. The van der Waals surface area contributed by atoms with Gasteiger partial charge in [-0.05, 0) is 60.8 Å². The van der Waals surface area contributed by atoms with Crippen LogP contribution in [-0.2, 0) is 4.79 Å². The number of methoxy groups -OCH3 is 3. The van der Waals surface area contributed by atoms with Crippen molar-refractivity contribution in [2.24, 2.45) is 5.73 Å². The first-order chi connectivity index (χ1) is 18.8. The van der Waals surface area contributed by atoms with Gasteiger partial charge >= 0.3 is 0 Å². The van der Waals surface area contributed by atoms with Crippen LogP contribution in [0.3, 0.4) is 0 Å². The van der Waals surface area contributed by atoms with E-state index in [2.05, 4.69) is 9.69 Å². The van der Waals surface area contributed by atoms with E-state index in [0.29, 0.717) is 28.5 Å². The van der Waals surface area contributed by atoms with E-state index in [4.69, 9.17) is 25.7 Å². The summed E-state index contributed by atoms with van der Waals surface area (Å²) >= 11 is 0.742. The molecule has 1 atom stereocenters. The second-order valence-corrected chi connectivity index (χ2v) is 9.79. The minimum atomic E-state index is -1.18. The first-order valence-corrected chi connectivity index (χ1v) is 13.1. The van der Waals surface area contributed by atoms with Gasteiger partial charge in [-0.3, -0.25) is 19.3 Å². The van der Waals surface area contributed by atoms with Gasteiger partial charge in [-0.1, -0.05) is 12.8 Å². The standard InChI is InChI=1S/C27H31N5O6S/c1-36-17-10-8-16(9-11-17)32(27(35)24-21(28)22(25(29)33)31-39-24)23(26(34)30-15-6-4-5-7-15)19-13-12-18(37-2)14-20(19)38-3/h8-15,23H,4-7,28H2,1-3H3,(H2,29,33)(H,30,34)/t23-/m1/s1. The summed E-state index contributed by atoms with van der Waals surface area (Å²) in [7, 11) is 4.53. The monoisotopic (exact) mass is 553 g/mol. The summed E-state index contributed by atoms with van der Waals surface area (Å²) in [5.74, 6) is -0.451. The quantitative estimate of drug-likeness (QED) is 0.345. The normalized spacial score (nSPS) is 13.9. The summed E-state index contributed by atoms with van der Waals surface area (Å²) < 4.78 is 20.3. The molecule has 0 radical (unpaired) electrons. The van der Waals surface area contributed by atoms with E-state index >= 15 is 0 Å². The van der Waals surface area contributed by atoms with Gasteiger partial charge in [0.05, 0.1) is 27.0 Å². The fraction of sp³-hybridized carbons (Fsp3) is 0.333. The molecule has 2 aromatic carbocycles. The van der Waals surface area contributed by atoms with Gasteiger partial charge in [-0.15, -0.1) is 0 Å². The number of carbonyl (C=O) groups excluding carboxylic acids is 3. The summed E-state index contributed by atoms with van der Waals surface area (Å²) in [6.45, 7) is 0. The molecule has 1 saturated carbocycles. The Kier molecular flexibility index (Phi) is 8.55. The highest BCUT2D eigenvalue weighted by Gasteiger charge is 2.38. The number of nitrogens with two attached hydrogens (primary N) is 2. The van der Waals surface area contributed by atoms with Gasteiger partial charge in [0, 0.05) is 23.4 Å². The number of nitrogen functional groups attached to an aromatic ring is 1. The summed E-state index contributed by atoms with van der Waals surface area (Å²) in [5, 5.41) is 3.11. The van der Waals surface area contributed by atoms with E-state index in [-0.39, 0.29) is 22.3 Å². The van der Waals surface area contributed by atoms with Crippen molar-refractivity contribution < 1.29 is 28.6 Å². The fourth-order valence-electron chi connectivity index (χ4n) is 4.66. The Hall–Kier alpha value is -4.32. The number of nitrogens with one attached hydrogen (secondary N) is 1. The lowest BCUT2D eigenvalue weighted by atomic mass is 10.00. The van der Waals surface area contributed by atoms with Crippen molar-refractivity contribution in [2.45, 2.75) is 37.8 Å². The van der Waals surface area contributed by atoms with Gasteiger partial charge in [0.15, 0.2) is 5.69 Å². The summed E-state index contributed by atoms with van der Waals surface area (Å²) in [5.41, 5.74) is 12.0. The van der Waals surface area contributed by atoms with Gasteiger partial charge in [-0.25, -0.2) is 0 Å². The van der Waals surface area contributed by atoms with Crippen LogP contribution in [0.2, 0.25) is 0 Å². The zero-order chi connectivity index (χ0) is 28.1. The molecule has 12 heteroatoms. The Morgan fingerprint density at radius 3 is 2.21 bits per heavy atom. The number of anilines is 2. The van der Waals surface area contributed by atoms with Gasteiger partial charge < -0.3 is 31.0 Å². The van der Waals surface area contributed by atoms with E-state index in [1.165, 1.54) is 26.2 Å². The zero-order valence-electron chi connectivity index (χ0n) is 21.9. The molecule has 1 aliphatic rings. The maximum absolute atomic E-state index is 14.2. The Morgan fingerprint density at radius 1 is 1.00 bits per heavy atom. The lowest BCUT2D eigenvalue weighted by molar-refractivity contribution is -0.123. The van der Waals surface area contributed by atoms with Crippen LogP contribution in [0.4, 0.5) is 11.4 Å². The van der Waals surface area contributed by atoms with Crippen molar-refractivity contribution in [3.8, 4) is 17.2 Å². The Labute approximate surface area is 230 Å². The van der Waals surface area contributed by atoms with E-state index in [0.717, 1.165) is 37.2 Å². The predicted octanol–water partition coefficient (Wildman–Crippen LogP) is 3.30. The number of rotatable bonds is 10. The molecule has 11 nitrogen and oxygen atoms in total. The first-order valence-electron chi connectivity index (χ1n) is 12.3. The average molecular weight is 554 g/mol. The number of hydrogen-bond donors (Lipinski definition) is 3. The fourth-order valence-corrected chi connectivity index (χ4v) is 5.40. The third kappa shape index (κ3) is 5.75. The molecule has 1 aromatic heterocycles. The van der Waals surface area contributed by atoms with Crippen molar-refractivity contribution in [1.82, 2.24) is 9.69 Å².